The smallest absolute Gasteiger partial charge is 0.413 e. The molecule has 3 amide bonds. The molecule has 15 heteroatoms. The molecule has 1 aliphatic heterocycles. The first kappa shape index (κ1) is 31.9. The Balaban J connectivity index is 2.28. The van der Waals surface area contributed by atoms with Gasteiger partial charge in [0.05, 0.1) is 12.6 Å². The molecule has 0 radical (unpaired) electrons. The van der Waals surface area contributed by atoms with E-state index in [0.717, 1.165) is 11.3 Å². The largest absolute Gasteiger partial charge is 0.457 e. The van der Waals surface area contributed by atoms with Crippen LogP contribution in [0.5, 0.6) is 0 Å². The molecule has 39 heavy (non-hydrogen) atoms. The Labute approximate surface area is 231 Å². The summed E-state index contributed by atoms with van der Waals surface area (Å²) < 4.78 is 10.6. The number of hydrogen-bond acceptors (Lipinski definition) is 12. The molecule has 0 aromatic carbocycles. The molecular weight excluding hydrogens is 532 g/mol. The number of anilines is 1. The topological polar surface area (TPSA) is 190 Å². The first-order valence-corrected chi connectivity index (χ1v) is 13.2. The van der Waals surface area contributed by atoms with Gasteiger partial charge >= 0.3 is 12.1 Å². The third-order valence-electron chi connectivity index (χ3n) is 4.78. The van der Waals surface area contributed by atoms with Crippen molar-refractivity contribution in [1.82, 2.24) is 20.9 Å². The number of esters is 1. The minimum atomic E-state index is -1.57. The van der Waals surface area contributed by atoms with E-state index in [1.54, 1.807) is 41.5 Å². The van der Waals surface area contributed by atoms with Crippen LogP contribution in [0.3, 0.4) is 0 Å². The summed E-state index contributed by atoms with van der Waals surface area (Å²) in [5, 5.41) is 25.2. The third kappa shape index (κ3) is 10.1. The maximum atomic E-state index is 13.3. The van der Waals surface area contributed by atoms with Gasteiger partial charge in [0.25, 0.3) is 5.91 Å². The zero-order valence-corrected chi connectivity index (χ0v) is 24.3. The first-order valence-electron chi connectivity index (χ1n) is 12.3. The maximum absolute atomic E-state index is 13.3. The van der Waals surface area contributed by atoms with Gasteiger partial charge in [-0.05, 0) is 55.4 Å². The lowest BCUT2D eigenvalue weighted by atomic mass is 9.98. The molecular formula is C24H38N6O8S. The number of carbonyl (C=O) groups excluding carboxylic acids is 4. The van der Waals surface area contributed by atoms with Crippen molar-refractivity contribution in [1.29, 1.82) is 0 Å². The predicted molar refractivity (Wildman–Crippen MR) is 143 cm³/mol. The number of aliphatic hydroxyl groups excluding tert-OH is 1. The van der Waals surface area contributed by atoms with Crippen LogP contribution in [0.25, 0.3) is 0 Å². The number of β-lactam (4-membered cyclic amide) rings is 1. The lowest BCUT2D eigenvalue weighted by Crippen LogP contribution is -2.72. The van der Waals surface area contributed by atoms with Crippen molar-refractivity contribution in [3.63, 3.8) is 0 Å². The summed E-state index contributed by atoms with van der Waals surface area (Å²) in [6, 6.07) is -1.31. The number of thiazole rings is 1. The highest BCUT2D eigenvalue weighted by Gasteiger charge is 2.41. The summed E-state index contributed by atoms with van der Waals surface area (Å²) >= 11 is 1.01. The number of rotatable bonds is 11. The van der Waals surface area contributed by atoms with Gasteiger partial charge in [-0.1, -0.05) is 5.16 Å². The fourth-order valence-electron chi connectivity index (χ4n) is 2.96. The molecule has 5 N–H and O–H groups in total. The quantitative estimate of drug-likeness (QED) is 0.0840. The standard InChI is InChI=1S/C24H38N6O8S/c1-22(2,3)36-19(34)24(7,8)38-30-16(14-12-39-20(27-14)29-21(35)37-23(4,5)6)18(33)28-15-13(26-17(15)32)11-25-9-10-31/h12-13,15,25,31H,9-11H2,1-8H3,(H,26,32)(H,28,33)(H,27,29,35)/b30-16-/t13-,15+/m1/s1. The summed E-state index contributed by atoms with van der Waals surface area (Å²) in [5.41, 5.74) is -3.39. The van der Waals surface area contributed by atoms with Crippen molar-refractivity contribution >= 4 is 46.1 Å². The van der Waals surface area contributed by atoms with Crippen LogP contribution in [0, 0.1) is 0 Å². The molecule has 0 spiro atoms. The SMILES string of the molecule is CC(C)(C)OC(=O)Nc1nc(/C(=N/OC(C)(C)C(=O)OC(C)(C)C)C(=O)N[C@@H]2C(=O)N[C@@H]2CNCCO)cs1. The number of carbonyl (C=O) groups is 4. The Hall–Kier alpha value is -3.30. The van der Waals surface area contributed by atoms with Gasteiger partial charge in [-0.2, -0.15) is 0 Å². The van der Waals surface area contributed by atoms with Crippen LogP contribution >= 0.6 is 11.3 Å². The second kappa shape index (κ2) is 12.7. The molecule has 0 aliphatic carbocycles. The molecule has 1 aliphatic rings. The van der Waals surface area contributed by atoms with Crippen molar-refractivity contribution in [2.75, 3.05) is 25.0 Å². The molecule has 0 saturated carbocycles. The van der Waals surface area contributed by atoms with E-state index in [1.165, 1.54) is 19.2 Å². The summed E-state index contributed by atoms with van der Waals surface area (Å²) in [4.78, 5) is 59.9. The third-order valence-corrected chi connectivity index (χ3v) is 5.54. The maximum Gasteiger partial charge on any atom is 0.413 e. The number of ether oxygens (including phenoxy) is 2. The molecule has 0 unspecified atom stereocenters. The fourth-order valence-corrected chi connectivity index (χ4v) is 3.64. The number of nitrogens with one attached hydrogen (secondary N) is 4. The molecule has 14 nitrogen and oxygen atoms in total. The Kier molecular flexibility index (Phi) is 10.4. The van der Waals surface area contributed by atoms with E-state index in [-0.39, 0.29) is 23.1 Å². The van der Waals surface area contributed by atoms with Gasteiger partial charge in [0, 0.05) is 18.5 Å². The minimum absolute atomic E-state index is 0.0261. The fraction of sp³-hybridized carbons (Fsp3) is 0.667. The van der Waals surface area contributed by atoms with Gasteiger partial charge in [-0.15, -0.1) is 11.3 Å². The monoisotopic (exact) mass is 570 g/mol. The molecule has 218 valence electrons. The lowest BCUT2D eigenvalue weighted by molar-refractivity contribution is -0.179. The molecule has 2 atom stereocenters. The van der Waals surface area contributed by atoms with Crippen LogP contribution < -0.4 is 21.3 Å². The van der Waals surface area contributed by atoms with Crippen molar-refractivity contribution in [2.45, 2.75) is 84.3 Å². The van der Waals surface area contributed by atoms with E-state index in [0.29, 0.717) is 13.1 Å². The second-order valence-electron chi connectivity index (χ2n) is 11.2. The van der Waals surface area contributed by atoms with E-state index in [2.05, 4.69) is 31.4 Å². The highest BCUT2D eigenvalue weighted by molar-refractivity contribution is 7.14. The number of aliphatic hydroxyl groups is 1. The zero-order valence-electron chi connectivity index (χ0n) is 23.5. The lowest BCUT2D eigenvalue weighted by Gasteiger charge is -2.37. The summed E-state index contributed by atoms with van der Waals surface area (Å²) in [6.45, 7) is 13.6. The van der Waals surface area contributed by atoms with Crippen LogP contribution in [0.2, 0.25) is 0 Å². The average molecular weight is 571 g/mol. The van der Waals surface area contributed by atoms with Gasteiger partial charge in [-0.25, -0.2) is 14.6 Å². The Bertz CT molecular complexity index is 1090. The van der Waals surface area contributed by atoms with Crippen molar-refractivity contribution in [3.05, 3.63) is 11.1 Å². The highest BCUT2D eigenvalue weighted by atomic mass is 32.1. The van der Waals surface area contributed by atoms with Crippen molar-refractivity contribution in [3.8, 4) is 0 Å². The average Bonchev–Trinajstić information content (AvgIpc) is 3.22. The zero-order chi connectivity index (χ0) is 29.6. The summed E-state index contributed by atoms with van der Waals surface area (Å²) in [7, 11) is 0. The Morgan fingerprint density at radius 2 is 1.74 bits per heavy atom. The molecule has 1 aromatic rings. The van der Waals surface area contributed by atoms with Gasteiger partial charge in [0.1, 0.15) is 22.9 Å². The normalized spacial score (nSPS) is 18.0. The predicted octanol–water partition coefficient (Wildman–Crippen LogP) is 0.896. The van der Waals surface area contributed by atoms with E-state index in [9.17, 15) is 19.2 Å². The van der Waals surface area contributed by atoms with Crippen LogP contribution in [0.4, 0.5) is 9.93 Å². The Morgan fingerprint density at radius 1 is 1.10 bits per heavy atom. The van der Waals surface area contributed by atoms with Gasteiger partial charge in [0.2, 0.25) is 11.5 Å². The molecule has 2 heterocycles. The number of aromatic nitrogens is 1. The van der Waals surface area contributed by atoms with Gasteiger partial charge in [-0.3, -0.25) is 14.9 Å². The van der Waals surface area contributed by atoms with Crippen LogP contribution in [0.1, 0.15) is 61.1 Å². The number of hydrogen-bond donors (Lipinski definition) is 5. The summed E-state index contributed by atoms with van der Waals surface area (Å²) in [5.74, 6) is -1.91. The van der Waals surface area contributed by atoms with Crippen LogP contribution in [-0.4, -0.2) is 88.3 Å². The van der Waals surface area contributed by atoms with Crippen molar-refractivity contribution < 1.29 is 38.6 Å². The summed E-state index contributed by atoms with van der Waals surface area (Å²) in [6.07, 6.45) is -0.738. The highest BCUT2D eigenvalue weighted by Crippen LogP contribution is 2.21. The van der Waals surface area contributed by atoms with Crippen LogP contribution in [0.15, 0.2) is 10.5 Å². The minimum Gasteiger partial charge on any atom is -0.457 e. The number of amides is 3. The molecule has 2 rings (SSSR count). The van der Waals surface area contributed by atoms with Gasteiger partial charge in [0.15, 0.2) is 10.8 Å². The van der Waals surface area contributed by atoms with E-state index in [4.69, 9.17) is 19.4 Å². The van der Waals surface area contributed by atoms with E-state index >= 15 is 0 Å². The molecule has 1 fully saturated rings. The van der Waals surface area contributed by atoms with Crippen molar-refractivity contribution in [2.24, 2.45) is 5.16 Å². The number of nitrogens with zero attached hydrogens (tertiary/aromatic N) is 2. The van der Waals surface area contributed by atoms with Crippen LogP contribution in [-0.2, 0) is 28.7 Å². The molecule has 1 saturated heterocycles. The Morgan fingerprint density at radius 3 is 2.31 bits per heavy atom. The van der Waals surface area contributed by atoms with E-state index < -0.39 is 52.8 Å². The first-order chi connectivity index (χ1) is 17.9. The second-order valence-corrected chi connectivity index (χ2v) is 12.1. The van der Waals surface area contributed by atoms with E-state index in [1.807, 2.05) is 0 Å². The molecule has 0 bridgehead atoms. The molecule has 1 aromatic heterocycles. The van der Waals surface area contributed by atoms with Gasteiger partial charge < -0.3 is 35.4 Å². The number of oxime groups is 1.